The van der Waals surface area contributed by atoms with Gasteiger partial charge in [-0.2, -0.15) is 0 Å². The van der Waals surface area contributed by atoms with Crippen LogP contribution in [-0.2, 0) is 9.47 Å². The van der Waals surface area contributed by atoms with Crippen molar-refractivity contribution in [2.45, 2.75) is 26.2 Å². The topological polar surface area (TPSA) is 51.6 Å². The monoisotopic (exact) mass is 321 g/mol. The predicted molar refractivity (Wildman–Crippen MR) is 85.7 cm³/mol. The third-order valence-corrected chi connectivity index (χ3v) is 3.62. The number of pyridine rings is 1. The lowest BCUT2D eigenvalue weighted by Gasteiger charge is -2.23. The highest BCUT2D eigenvalue weighted by molar-refractivity contribution is 6.31. The second-order valence-corrected chi connectivity index (χ2v) is 5.08. The van der Waals surface area contributed by atoms with Gasteiger partial charge in [0.25, 0.3) is 0 Å². The molecule has 2 rings (SSSR count). The molecule has 0 spiro atoms. The van der Waals surface area contributed by atoms with Crippen molar-refractivity contribution in [3.63, 3.8) is 0 Å². The van der Waals surface area contributed by atoms with Crippen LogP contribution in [0.1, 0.15) is 42.9 Å². The lowest BCUT2D eigenvalue weighted by Crippen LogP contribution is -2.14. The summed E-state index contributed by atoms with van der Waals surface area (Å²) in [5.41, 5.74) is 2.05. The number of benzene rings is 1. The van der Waals surface area contributed by atoms with Crippen molar-refractivity contribution in [2.24, 2.45) is 0 Å². The summed E-state index contributed by atoms with van der Waals surface area (Å²) in [6.45, 7) is 4.84. The Kier molecular flexibility index (Phi) is 6.34. The number of aliphatic hydroxyl groups excluding tert-OH is 1. The smallest absolute Gasteiger partial charge is 0.184 e. The molecule has 0 saturated heterocycles. The molecule has 1 heterocycles. The average Bonchev–Trinajstić information content (AvgIpc) is 2.54. The van der Waals surface area contributed by atoms with Crippen LogP contribution in [0, 0.1) is 0 Å². The van der Waals surface area contributed by atoms with E-state index in [-0.39, 0.29) is 0 Å². The molecule has 0 aliphatic heterocycles. The summed E-state index contributed by atoms with van der Waals surface area (Å²) >= 11 is 6.16. The van der Waals surface area contributed by atoms with Crippen LogP contribution in [0.15, 0.2) is 42.7 Å². The summed E-state index contributed by atoms with van der Waals surface area (Å²) in [4.78, 5) is 4.03. The number of hydrogen-bond acceptors (Lipinski definition) is 4. The van der Waals surface area contributed by atoms with Gasteiger partial charge >= 0.3 is 0 Å². The summed E-state index contributed by atoms with van der Waals surface area (Å²) in [5.74, 6) is 0. The van der Waals surface area contributed by atoms with E-state index in [1.54, 1.807) is 18.5 Å². The van der Waals surface area contributed by atoms with E-state index in [9.17, 15) is 5.11 Å². The minimum atomic E-state index is -0.888. The van der Waals surface area contributed by atoms with Crippen LogP contribution < -0.4 is 0 Å². The van der Waals surface area contributed by atoms with Crippen LogP contribution in [0.3, 0.4) is 0 Å². The lowest BCUT2D eigenvalue weighted by atomic mass is 9.97. The van der Waals surface area contributed by atoms with Crippen LogP contribution in [0.5, 0.6) is 0 Å². The first-order valence-electron chi connectivity index (χ1n) is 7.28. The Morgan fingerprint density at radius 1 is 1.05 bits per heavy atom. The maximum Gasteiger partial charge on any atom is 0.184 e. The van der Waals surface area contributed by atoms with Crippen molar-refractivity contribution in [3.8, 4) is 0 Å². The standard InChI is InChI=1S/C17H20ClNO3/c1-3-21-17(22-4-2)13-8-6-5-7-12(13)16(20)14-11-19-10-9-15(14)18/h5-11,16-17,20H,3-4H2,1-2H3. The van der Waals surface area contributed by atoms with E-state index in [1.165, 1.54) is 0 Å². The van der Waals surface area contributed by atoms with Crippen LogP contribution >= 0.6 is 11.6 Å². The quantitative estimate of drug-likeness (QED) is 0.786. The number of aliphatic hydroxyl groups is 1. The number of hydrogen-bond donors (Lipinski definition) is 1. The third-order valence-electron chi connectivity index (χ3n) is 3.27. The molecular weight excluding hydrogens is 302 g/mol. The van der Waals surface area contributed by atoms with Gasteiger partial charge in [-0.1, -0.05) is 35.9 Å². The Bertz CT molecular complexity index is 600. The van der Waals surface area contributed by atoms with E-state index in [0.717, 1.165) is 5.56 Å². The molecule has 2 aromatic rings. The molecule has 0 fully saturated rings. The average molecular weight is 322 g/mol. The van der Waals surface area contributed by atoms with E-state index >= 15 is 0 Å². The fraction of sp³-hybridized carbons (Fsp3) is 0.353. The fourth-order valence-corrected chi connectivity index (χ4v) is 2.47. The molecule has 0 bridgehead atoms. The maximum absolute atomic E-state index is 10.7. The molecule has 1 N–H and O–H groups in total. The zero-order valence-corrected chi connectivity index (χ0v) is 13.5. The molecule has 0 aliphatic carbocycles. The zero-order chi connectivity index (χ0) is 15.9. The van der Waals surface area contributed by atoms with Gasteiger partial charge in [0.2, 0.25) is 0 Å². The zero-order valence-electron chi connectivity index (χ0n) is 12.7. The minimum Gasteiger partial charge on any atom is -0.384 e. The molecule has 0 amide bonds. The predicted octanol–water partition coefficient (Wildman–Crippen LogP) is 3.89. The Morgan fingerprint density at radius 2 is 1.68 bits per heavy atom. The van der Waals surface area contributed by atoms with Crippen molar-refractivity contribution in [3.05, 3.63) is 64.4 Å². The molecule has 0 radical (unpaired) electrons. The minimum absolute atomic E-state index is 0.474. The highest BCUT2D eigenvalue weighted by Crippen LogP contribution is 2.33. The SMILES string of the molecule is CCOC(OCC)c1ccccc1C(O)c1cnccc1Cl. The normalized spacial score (nSPS) is 12.6. The van der Waals surface area contributed by atoms with Crippen molar-refractivity contribution < 1.29 is 14.6 Å². The van der Waals surface area contributed by atoms with Crippen LogP contribution in [0.25, 0.3) is 0 Å². The summed E-state index contributed by atoms with van der Waals surface area (Å²) < 4.78 is 11.3. The van der Waals surface area contributed by atoms with Crippen LogP contribution in [-0.4, -0.2) is 23.3 Å². The third kappa shape index (κ3) is 3.84. The maximum atomic E-state index is 10.7. The summed E-state index contributed by atoms with van der Waals surface area (Å²) in [5, 5.41) is 11.2. The molecule has 0 saturated carbocycles. The fourth-order valence-electron chi connectivity index (χ4n) is 2.26. The van der Waals surface area contributed by atoms with Crippen molar-refractivity contribution in [2.75, 3.05) is 13.2 Å². The Labute approximate surface area is 135 Å². The number of rotatable bonds is 7. The van der Waals surface area contributed by atoms with Crippen molar-refractivity contribution in [1.29, 1.82) is 0 Å². The number of halogens is 1. The van der Waals surface area contributed by atoms with Gasteiger partial charge in [0.1, 0.15) is 6.10 Å². The van der Waals surface area contributed by atoms with Crippen LogP contribution in [0.2, 0.25) is 5.02 Å². The van der Waals surface area contributed by atoms with Gasteiger partial charge in [0.15, 0.2) is 6.29 Å². The number of aromatic nitrogens is 1. The molecule has 1 unspecified atom stereocenters. The van der Waals surface area contributed by atoms with Gasteiger partial charge in [-0.05, 0) is 25.5 Å². The number of ether oxygens (including phenoxy) is 2. The second-order valence-electron chi connectivity index (χ2n) is 4.67. The first-order chi connectivity index (χ1) is 10.7. The van der Waals surface area contributed by atoms with Crippen LogP contribution in [0.4, 0.5) is 0 Å². The second kappa shape index (κ2) is 8.25. The number of nitrogens with zero attached hydrogens (tertiary/aromatic N) is 1. The summed E-state index contributed by atoms with van der Waals surface area (Å²) in [7, 11) is 0. The highest BCUT2D eigenvalue weighted by atomic mass is 35.5. The molecule has 0 aliphatic rings. The first kappa shape index (κ1) is 16.9. The van der Waals surface area contributed by atoms with Gasteiger partial charge in [0.05, 0.1) is 0 Å². The van der Waals surface area contributed by atoms with E-state index in [1.807, 2.05) is 38.1 Å². The lowest BCUT2D eigenvalue weighted by molar-refractivity contribution is -0.141. The van der Waals surface area contributed by atoms with E-state index in [0.29, 0.717) is 29.4 Å². The highest BCUT2D eigenvalue weighted by Gasteiger charge is 2.22. The van der Waals surface area contributed by atoms with Gasteiger partial charge < -0.3 is 14.6 Å². The van der Waals surface area contributed by atoms with Gasteiger partial charge in [0, 0.05) is 41.8 Å². The first-order valence-corrected chi connectivity index (χ1v) is 7.66. The molecule has 1 atom stereocenters. The van der Waals surface area contributed by atoms with Gasteiger partial charge in [-0.3, -0.25) is 4.98 Å². The Morgan fingerprint density at radius 3 is 2.27 bits per heavy atom. The van der Waals surface area contributed by atoms with Gasteiger partial charge in [-0.15, -0.1) is 0 Å². The van der Waals surface area contributed by atoms with Crippen molar-refractivity contribution in [1.82, 2.24) is 4.98 Å². The molecule has 22 heavy (non-hydrogen) atoms. The molecule has 1 aromatic carbocycles. The van der Waals surface area contributed by atoms with E-state index in [2.05, 4.69) is 4.98 Å². The summed E-state index contributed by atoms with van der Waals surface area (Å²) in [6.07, 6.45) is 1.76. The van der Waals surface area contributed by atoms with E-state index in [4.69, 9.17) is 21.1 Å². The molecular formula is C17H20ClNO3. The summed E-state index contributed by atoms with van der Waals surface area (Å²) in [6, 6.07) is 9.14. The largest absolute Gasteiger partial charge is 0.384 e. The van der Waals surface area contributed by atoms with E-state index < -0.39 is 12.4 Å². The molecule has 118 valence electrons. The molecule has 1 aromatic heterocycles. The van der Waals surface area contributed by atoms with Crippen molar-refractivity contribution >= 4 is 11.6 Å². The Hall–Kier alpha value is -1.46. The molecule has 5 heteroatoms. The van der Waals surface area contributed by atoms with Gasteiger partial charge in [-0.25, -0.2) is 0 Å². The molecule has 4 nitrogen and oxygen atoms in total. The Balaban J connectivity index is 2.41.